The summed E-state index contributed by atoms with van der Waals surface area (Å²) in [5, 5.41) is 6.81. The van der Waals surface area contributed by atoms with Crippen molar-refractivity contribution in [2.45, 2.75) is 44.7 Å². The molecule has 0 bridgehead atoms. The minimum absolute atomic E-state index is 0.00328. The summed E-state index contributed by atoms with van der Waals surface area (Å²) in [6.45, 7) is 1.79. The first-order chi connectivity index (χ1) is 11.4. The van der Waals surface area contributed by atoms with Gasteiger partial charge in [0.25, 0.3) is 5.56 Å². The first kappa shape index (κ1) is 16.5. The molecule has 1 aliphatic carbocycles. The van der Waals surface area contributed by atoms with E-state index in [9.17, 15) is 9.59 Å². The van der Waals surface area contributed by atoms with Crippen LogP contribution in [0, 0.1) is 6.92 Å². The minimum Gasteiger partial charge on any atom is -0.335 e. The van der Waals surface area contributed by atoms with Crippen LogP contribution in [0.3, 0.4) is 0 Å². The fraction of sp³-hybridized carbons (Fsp3) is 0.444. The van der Waals surface area contributed by atoms with Crippen molar-refractivity contribution in [3.63, 3.8) is 0 Å². The molecular weight excluding hydrogens is 304 g/mol. The summed E-state index contributed by atoms with van der Waals surface area (Å²) in [6, 6.07) is 7.66. The third kappa shape index (κ3) is 3.43. The zero-order valence-electron chi connectivity index (χ0n) is 14.1. The molecule has 2 amide bonds. The number of aryl methyl sites for hydroxylation is 2. The quantitative estimate of drug-likeness (QED) is 0.790. The number of amides is 2. The lowest BCUT2D eigenvalue weighted by molar-refractivity contribution is 0.242. The van der Waals surface area contributed by atoms with Gasteiger partial charge in [-0.1, -0.05) is 0 Å². The number of urea groups is 1. The Bertz CT molecular complexity index is 820. The highest BCUT2D eigenvalue weighted by atomic mass is 16.2. The van der Waals surface area contributed by atoms with Gasteiger partial charge in [-0.15, -0.1) is 0 Å². The van der Waals surface area contributed by atoms with Crippen LogP contribution in [0.4, 0.5) is 10.5 Å². The summed E-state index contributed by atoms with van der Waals surface area (Å²) in [5.41, 5.74) is 8.13. The number of nitrogens with one attached hydrogen (secondary N) is 2. The van der Waals surface area contributed by atoms with Crippen LogP contribution in [0.2, 0.25) is 0 Å². The summed E-state index contributed by atoms with van der Waals surface area (Å²) < 4.78 is 1.62. The molecule has 1 saturated carbocycles. The number of hydrogen-bond donors (Lipinski definition) is 3. The molecule has 128 valence electrons. The van der Waals surface area contributed by atoms with E-state index < -0.39 is 0 Å². The van der Waals surface area contributed by atoms with E-state index in [2.05, 4.69) is 10.6 Å². The average Bonchev–Trinajstić information content (AvgIpc) is 2.55. The van der Waals surface area contributed by atoms with Crippen molar-refractivity contribution in [3.05, 3.63) is 40.2 Å². The van der Waals surface area contributed by atoms with Crippen molar-refractivity contribution in [1.29, 1.82) is 0 Å². The van der Waals surface area contributed by atoms with E-state index in [4.69, 9.17) is 5.73 Å². The van der Waals surface area contributed by atoms with Crippen molar-refractivity contribution < 1.29 is 4.79 Å². The van der Waals surface area contributed by atoms with Crippen LogP contribution in [0.15, 0.2) is 29.1 Å². The second-order valence-corrected chi connectivity index (χ2v) is 6.68. The molecule has 0 atom stereocenters. The fourth-order valence-corrected chi connectivity index (χ4v) is 3.34. The molecule has 1 aromatic heterocycles. The molecule has 6 nitrogen and oxygen atoms in total. The topological polar surface area (TPSA) is 89.2 Å². The van der Waals surface area contributed by atoms with Gasteiger partial charge < -0.3 is 20.9 Å². The van der Waals surface area contributed by atoms with Crippen LogP contribution in [0.1, 0.15) is 31.2 Å². The minimum atomic E-state index is -0.198. The van der Waals surface area contributed by atoms with E-state index in [0.717, 1.165) is 36.6 Å². The monoisotopic (exact) mass is 328 g/mol. The van der Waals surface area contributed by atoms with Crippen molar-refractivity contribution in [2.75, 3.05) is 5.32 Å². The number of pyridine rings is 1. The van der Waals surface area contributed by atoms with Gasteiger partial charge >= 0.3 is 6.03 Å². The fourth-order valence-electron chi connectivity index (χ4n) is 3.34. The van der Waals surface area contributed by atoms with Crippen molar-refractivity contribution in [3.8, 4) is 0 Å². The summed E-state index contributed by atoms with van der Waals surface area (Å²) in [5.74, 6) is 0. The number of fused-ring (bicyclic) bond motifs is 1. The maximum absolute atomic E-state index is 12.2. The Morgan fingerprint density at radius 1 is 1.21 bits per heavy atom. The predicted octanol–water partition coefficient (Wildman–Crippen LogP) is 2.24. The van der Waals surface area contributed by atoms with Gasteiger partial charge in [0.1, 0.15) is 0 Å². The third-order valence-corrected chi connectivity index (χ3v) is 4.77. The third-order valence-electron chi connectivity index (χ3n) is 4.77. The number of rotatable bonds is 2. The summed E-state index contributed by atoms with van der Waals surface area (Å²) in [6.07, 6.45) is 3.75. The smallest absolute Gasteiger partial charge is 0.319 e. The maximum Gasteiger partial charge on any atom is 0.319 e. The number of carbonyl (C=O) groups excluding carboxylic acids is 1. The highest BCUT2D eigenvalue weighted by Crippen LogP contribution is 2.20. The molecule has 1 aromatic carbocycles. The number of nitrogens with zero attached hydrogens (tertiary/aromatic N) is 1. The molecule has 0 unspecified atom stereocenters. The highest BCUT2D eigenvalue weighted by Gasteiger charge is 2.20. The average molecular weight is 328 g/mol. The number of carbonyl (C=O) groups is 1. The molecule has 1 heterocycles. The molecule has 2 aromatic rings. The molecule has 1 aliphatic rings. The standard InChI is InChI=1S/C18H24N4O2/c1-11-9-12-10-15(7-8-16(12)22(2)17(11)23)21-18(24)20-14-5-3-13(19)4-6-14/h7-10,13-14H,3-6,19H2,1-2H3,(H2,20,21,24). The van der Waals surface area contributed by atoms with E-state index in [0.29, 0.717) is 11.3 Å². The normalized spacial score (nSPS) is 20.8. The van der Waals surface area contributed by atoms with Crippen LogP contribution in [0.5, 0.6) is 0 Å². The van der Waals surface area contributed by atoms with E-state index in [1.54, 1.807) is 18.5 Å². The summed E-state index contributed by atoms with van der Waals surface area (Å²) in [7, 11) is 1.76. The lowest BCUT2D eigenvalue weighted by Crippen LogP contribution is -2.42. The van der Waals surface area contributed by atoms with Crippen LogP contribution >= 0.6 is 0 Å². The number of benzene rings is 1. The van der Waals surface area contributed by atoms with Crippen molar-refractivity contribution >= 4 is 22.6 Å². The lowest BCUT2D eigenvalue weighted by atomic mass is 9.92. The molecule has 1 fully saturated rings. The lowest BCUT2D eigenvalue weighted by Gasteiger charge is -2.26. The van der Waals surface area contributed by atoms with Crippen LogP contribution < -0.4 is 21.9 Å². The Kier molecular flexibility index (Phi) is 4.57. The molecule has 0 aliphatic heterocycles. The molecule has 6 heteroatoms. The predicted molar refractivity (Wildman–Crippen MR) is 96.3 cm³/mol. The molecule has 24 heavy (non-hydrogen) atoms. The van der Waals surface area contributed by atoms with Crippen LogP contribution in [0.25, 0.3) is 10.9 Å². The van der Waals surface area contributed by atoms with E-state index in [1.807, 2.05) is 24.3 Å². The van der Waals surface area contributed by atoms with Gasteiger partial charge in [0.2, 0.25) is 0 Å². The molecule has 0 radical (unpaired) electrons. The van der Waals surface area contributed by atoms with E-state index in [1.165, 1.54) is 0 Å². The van der Waals surface area contributed by atoms with Gasteiger partial charge in [-0.3, -0.25) is 4.79 Å². The number of nitrogens with two attached hydrogens (primary N) is 1. The van der Waals surface area contributed by atoms with E-state index in [-0.39, 0.29) is 23.7 Å². The van der Waals surface area contributed by atoms with Gasteiger partial charge in [0.15, 0.2) is 0 Å². The van der Waals surface area contributed by atoms with Gasteiger partial charge in [0, 0.05) is 35.8 Å². The van der Waals surface area contributed by atoms with Crippen molar-refractivity contribution in [1.82, 2.24) is 9.88 Å². The molecule has 0 spiro atoms. The largest absolute Gasteiger partial charge is 0.335 e. The number of aromatic nitrogens is 1. The Morgan fingerprint density at radius 2 is 1.92 bits per heavy atom. The van der Waals surface area contributed by atoms with Gasteiger partial charge in [-0.2, -0.15) is 0 Å². The first-order valence-electron chi connectivity index (χ1n) is 8.37. The Balaban J connectivity index is 1.72. The highest BCUT2D eigenvalue weighted by molar-refractivity contribution is 5.93. The zero-order chi connectivity index (χ0) is 17.3. The van der Waals surface area contributed by atoms with Crippen LogP contribution in [-0.4, -0.2) is 22.7 Å². The molecular formula is C18H24N4O2. The maximum atomic E-state index is 12.2. The second-order valence-electron chi connectivity index (χ2n) is 6.68. The molecule has 3 rings (SSSR count). The first-order valence-corrected chi connectivity index (χ1v) is 8.37. The number of anilines is 1. The zero-order valence-corrected chi connectivity index (χ0v) is 14.1. The van der Waals surface area contributed by atoms with Crippen LogP contribution in [-0.2, 0) is 7.05 Å². The second kappa shape index (κ2) is 6.65. The molecule has 0 saturated heterocycles. The molecule has 4 N–H and O–H groups in total. The number of hydrogen-bond acceptors (Lipinski definition) is 3. The summed E-state index contributed by atoms with van der Waals surface area (Å²) in [4.78, 5) is 24.1. The van der Waals surface area contributed by atoms with Gasteiger partial charge in [-0.25, -0.2) is 4.79 Å². The van der Waals surface area contributed by atoms with Gasteiger partial charge in [0.05, 0.1) is 5.52 Å². The Hall–Kier alpha value is -2.34. The SMILES string of the molecule is Cc1cc2cc(NC(=O)NC3CCC(N)CC3)ccc2n(C)c1=O. The van der Waals surface area contributed by atoms with Gasteiger partial charge in [-0.05, 0) is 56.9 Å². The van der Waals surface area contributed by atoms with Crippen molar-refractivity contribution in [2.24, 2.45) is 12.8 Å². The van der Waals surface area contributed by atoms with E-state index >= 15 is 0 Å². The summed E-state index contributed by atoms with van der Waals surface area (Å²) >= 11 is 0. The Labute approximate surface area is 141 Å². The Morgan fingerprint density at radius 3 is 2.62 bits per heavy atom.